The number of allylic oxidation sites excluding steroid dienone is 1. The minimum absolute atomic E-state index is 0.0383. The Morgan fingerprint density at radius 2 is 2.09 bits per heavy atom. The van der Waals surface area contributed by atoms with Gasteiger partial charge in [0.15, 0.2) is 5.78 Å². The summed E-state index contributed by atoms with van der Waals surface area (Å²) in [6.45, 7) is 5.54. The van der Waals surface area contributed by atoms with Crippen molar-refractivity contribution in [2.45, 2.75) is 39.4 Å². The Bertz CT molecular complexity index is 647. The van der Waals surface area contributed by atoms with Gasteiger partial charge in [0.25, 0.3) is 0 Å². The van der Waals surface area contributed by atoms with Crippen LogP contribution in [0.1, 0.15) is 27.2 Å². The van der Waals surface area contributed by atoms with Crippen LogP contribution in [0, 0.1) is 17.8 Å². The molecule has 124 valence electrons. The lowest BCUT2D eigenvalue weighted by molar-refractivity contribution is -0.150. The predicted molar refractivity (Wildman–Crippen MR) is 82.7 cm³/mol. The highest BCUT2D eigenvalue weighted by Crippen LogP contribution is 2.48. The number of ether oxygens (including phenoxy) is 2. The first-order valence-corrected chi connectivity index (χ1v) is 8.26. The maximum Gasteiger partial charge on any atom is 0.321 e. The third kappa shape index (κ3) is 2.51. The van der Waals surface area contributed by atoms with Crippen molar-refractivity contribution in [3.05, 3.63) is 22.8 Å². The molecule has 0 N–H and O–H groups in total. The van der Waals surface area contributed by atoms with Gasteiger partial charge in [-0.1, -0.05) is 18.1 Å². The van der Waals surface area contributed by atoms with Crippen molar-refractivity contribution in [1.82, 2.24) is 0 Å². The fraction of sp³-hybridized carbons (Fsp3) is 0.588. The number of halogens is 1. The maximum atomic E-state index is 12.3. The summed E-state index contributed by atoms with van der Waals surface area (Å²) in [6.07, 6.45) is 1.05. The summed E-state index contributed by atoms with van der Waals surface area (Å²) in [4.78, 5) is 36.1. The molecule has 0 radical (unpaired) electrons. The first-order valence-electron chi connectivity index (χ1n) is 7.73. The van der Waals surface area contributed by atoms with Crippen molar-refractivity contribution in [3.8, 4) is 0 Å². The number of carbonyl (C=O) groups is 3. The number of alkyl halides is 1. The van der Waals surface area contributed by atoms with Gasteiger partial charge in [0.2, 0.25) is 0 Å². The second kappa shape index (κ2) is 5.78. The van der Waals surface area contributed by atoms with E-state index in [1.54, 1.807) is 13.0 Å². The van der Waals surface area contributed by atoms with Gasteiger partial charge in [0.1, 0.15) is 18.1 Å². The number of fused-ring (bicyclic) bond motifs is 3. The number of rotatable bonds is 2. The third-order valence-corrected chi connectivity index (χ3v) is 5.34. The number of ketones is 1. The van der Waals surface area contributed by atoms with Crippen LogP contribution in [0.25, 0.3) is 0 Å². The zero-order valence-corrected chi connectivity index (χ0v) is 14.1. The van der Waals surface area contributed by atoms with E-state index < -0.39 is 18.2 Å². The largest absolute Gasteiger partial charge is 0.461 e. The van der Waals surface area contributed by atoms with E-state index in [0.29, 0.717) is 12.0 Å². The Balaban J connectivity index is 2.05. The monoisotopic (exact) mass is 338 g/mol. The molecule has 1 aliphatic heterocycles. The van der Waals surface area contributed by atoms with Crippen molar-refractivity contribution in [2.75, 3.05) is 5.88 Å². The summed E-state index contributed by atoms with van der Waals surface area (Å²) >= 11 is 5.55. The minimum Gasteiger partial charge on any atom is -0.461 e. The van der Waals surface area contributed by atoms with Gasteiger partial charge in [-0.2, -0.15) is 0 Å². The van der Waals surface area contributed by atoms with E-state index in [2.05, 4.69) is 0 Å². The molecular formula is C17H19ClO5. The van der Waals surface area contributed by atoms with Crippen LogP contribution in [0.5, 0.6) is 0 Å². The van der Waals surface area contributed by atoms with Gasteiger partial charge in [0.05, 0.1) is 5.92 Å². The molecule has 0 aromatic rings. The van der Waals surface area contributed by atoms with E-state index in [1.165, 1.54) is 0 Å². The molecule has 6 heteroatoms. The predicted octanol–water partition coefficient (Wildman–Crippen LogP) is 2.18. The Kier molecular flexibility index (Phi) is 4.08. The lowest BCUT2D eigenvalue weighted by atomic mass is 9.79. The van der Waals surface area contributed by atoms with E-state index >= 15 is 0 Å². The average Bonchev–Trinajstić information content (AvgIpc) is 2.89. The highest BCUT2D eigenvalue weighted by Gasteiger charge is 2.55. The summed E-state index contributed by atoms with van der Waals surface area (Å²) in [5, 5.41) is 0. The van der Waals surface area contributed by atoms with E-state index in [1.807, 2.05) is 13.8 Å². The summed E-state index contributed by atoms with van der Waals surface area (Å²) < 4.78 is 11.1. The maximum absolute atomic E-state index is 12.3. The third-order valence-electron chi connectivity index (χ3n) is 5.12. The molecule has 3 aliphatic rings. The topological polar surface area (TPSA) is 69.7 Å². The first-order chi connectivity index (χ1) is 10.8. The quantitative estimate of drug-likeness (QED) is 0.570. The van der Waals surface area contributed by atoms with Crippen molar-refractivity contribution in [3.63, 3.8) is 0 Å². The zero-order chi connectivity index (χ0) is 16.9. The van der Waals surface area contributed by atoms with Gasteiger partial charge in [-0.05, 0) is 19.9 Å². The van der Waals surface area contributed by atoms with Crippen LogP contribution in [0.2, 0.25) is 0 Å². The summed E-state index contributed by atoms with van der Waals surface area (Å²) in [5.41, 5.74) is 2.47. The molecule has 23 heavy (non-hydrogen) atoms. The highest BCUT2D eigenvalue weighted by atomic mass is 35.5. The van der Waals surface area contributed by atoms with Crippen molar-refractivity contribution < 1.29 is 23.9 Å². The second-order valence-corrected chi connectivity index (χ2v) is 6.83. The molecule has 0 amide bonds. The van der Waals surface area contributed by atoms with Crippen LogP contribution in [0.3, 0.4) is 0 Å². The summed E-state index contributed by atoms with van der Waals surface area (Å²) in [6, 6.07) is 0. The molecule has 0 bridgehead atoms. The van der Waals surface area contributed by atoms with Crippen LogP contribution >= 0.6 is 11.6 Å². The second-order valence-electron chi connectivity index (χ2n) is 6.56. The molecule has 2 aliphatic carbocycles. The van der Waals surface area contributed by atoms with Gasteiger partial charge in [0, 0.05) is 23.8 Å². The van der Waals surface area contributed by atoms with Gasteiger partial charge < -0.3 is 9.47 Å². The molecular weight excluding hydrogens is 320 g/mol. The Morgan fingerprint density at radius 1 is 1.39 bits per heavy atom. The molecule has 0 saturated carbocycles. The molecule has 0 aromatic heterocycles. The fourth-order valence-corrected chi connectivity index (χ4v) is 4.17. The molecule has 1 saturated heterocycles. The van der Waals surface area contributed by atoms with Crippen LogP contribution in [-0.2, 0) is 23.9 Å². The molecule has 1 fully saturated rings. The zero-order valence-electron chi connectivity index (χ0n) is 13.3. The fourth-order valence-electron chi connectivity index (χ4n) is 4.11. The van der Waals surface area contributed by atoms with Crippen LogP contribution in [-0.4, -0.2) is 35.8 Å². The molecule has 5 unspecified atom stereocenters. The molecule has 5 atom stereocenters. The number of hydrogen-bond acceptors (Lipinski definition) is 5. The lowest BCUT2D eigenvalue weighted by Crippen LogP contribution is -2.38. The Morgan fingerprint density at radius 3 is 2.74 bits per heavy atom. The van der Waals surface area contributed by atoms with Crippen molar-refractivity contribution >= 4 is 29.3 Å². The van der Waals surface area contributed by atoms with Crippen LogP contribution < -0.4 is 0 Å². The Hall–Kier alpha value is -1.62. The van der Waals surface area contributed by atoms with Crippen LogP contribution in [0.15, 0.2) is 22.8 Å². The van der Waals surface area contributed by atoms with Crippen molar-refractivity contribution in [2.24, 2.45) is 17.8 Å². The molecule has 3 rings (SSSR count). The Labute approximate surface area is 139 Å². The van der Waals surface area contributed by atoms with Gasteiger partial charge in [-0.3, -0.25) is 14.4 Å². The highest BCUT2D eigenvalue weighted by molar-refractivity contribution is 6.26. The average molecular weight is 339 g/mol. The molecule has 0 spiro atoms. The van der Waals surface area contributed by atoms with Gasteiger partial charge in [-0.25, -0.2) is 0 Å². The van der Waals surface area contributed by atoms with Crippen molar-refractivity contribution in [1.29, 1.82) is 0 Å². The SMILES string of the molecule is CC1=CC(=O)C2=C(C)CC(OC(=O)CCl)C3C(C)C(=O)OC3C12. The minimum atomic E-state index is -0.523. The number of esters is 2. The molecule has 0 aromatic carbocycles. The van der Waals surface area contributed by atoms with E-state index in [4.69, 9.17) is 21.1 Å². The first kappa shape index (κ1) is 16.2. The molecule has 1 heterocycles. The summed E-state index contributed by atoms with van der Waals surface area (Å²) in [5.74, 6) is -2.01. The smallest absolute Gasteiger partial charge is 0.321 e. The lowest BCUT2D eigenvalue weighted by Gasteiger charge is -2.29. The number of carbonyl (C=O) groups excluding carboxylic acids is 3. The normalized spacial score (nSPS) is 36.2. The molecule has 5 nitrogen and oxygen atoms in total. The van der Waals surface area contributed by atoms with Crippen LogP contribution in [0.4, 0.5) is 0 Å². The summed E-state index contributed by atoms with van der Waals surface area (Å²) in [7, 11) is 0. The standard InChI is InChI=1S/C17H19ClO5/c1-7-4-10(19)13-8(2)5-11(22-12(20)6-18)15-9(3)17(21)23-16(15)14(7)13/h4,9,11,14-16H,5-6H2,1-3H3. The van der Waals surface area contributed by atoms with E-state index in [0.717, 1.165) is 11.1 Å². The number of hydrogen-bond donors (Lipinski definition) is 0. The van der Waals surface area contributed by atoms with E-state index in [-0.39, 0.29) is 35.4 Å². The van der Waals surface area contributed by atoms with Gasteiger partial charge >= 0.3 is 11.9 Å². The van der Waals surface area contributed by atoms with E-state index in [9.17, 15) is 14.4 Å². The van der Waals surface area contributed by atoms with Gasteiger partial charge in [-0.15, -0.1) is 11.6 Å².